The Bertz CT molecular complexity index is 543. The highest BCUT2D eigenvalue weighted by Crippen LogP contribution is 2.25. The number of nitrogens with zero attached hydrogens (tertiary/aromatic N) is 1. The van der Waals surface area contributed by atoms with Crippen LogP contribution in [0.4, 0.5) is 0 Å². The molecule has 3 rings (SSSR count). The minimum Gasteiger partial charge on any atom is -0.308 e. The molecule has 2 fully saturated rings. The third-order valence-electron chi connectivity index (χ3n) is 3.26. The van der Waals surface area contributed by atoms with E-state index in [0.29, 0.717) is 28.9 Å². The summed E-state index contributed by atoms with van der Waals surface area (Å²) in [5, 5.41) is 10.2. The number of aromatic nitrogens is 2. The SMILES string of the molecule is Cc1[nH]nc(CNC2CC2)c1S(=O)(=O)NC1CC1. The fourth-order valence-electron chi connectivity index (χ4n) is 1.95. The second kappa shape index (κ2) is 4.32. The van der Waals surface area contributed by atoms with Gasteiger partial charge in [0.15, 0.2) is 0 Å². The van der Waals surface area contributed by atoms with E-state index in [-0.39, 0.29) is 6.04 Å². The number of aryl methyl sites for hydroxylation is 1. The Kier molecular flexibility index (Phi) is 2.91. The number of hydrogen-bond acceptors (Lipinski definition) is 4. The van der Waals surface area contributed by atoms with E-state index in [9.17, 15) is 8.42 Å². The van der Waals surface area contributed by atoms with Crippen LogP contribution in [0.3, 0.4) is 0 Å². The van der Waals surface area contributed by atoms with Crippen LogP contribution in [0.25, 0.3) is 0 Å². The van der Waals surface area contributed by atoms with Crippen molar-refractivity contribution in [2.75, 3.05) is 0 Å². The van der Waals surface area contributed by atoms with Crippen molar-refractivity contribution in [1.29, 1.82) is 0 Å². The number of rotatable bonds is 6. The lowest BCUT2D eigenvalue weighted by molar-refractivity contribution is 0.577. The van der Waals surface area contributed by atoms with E-state index >= 15 is 0 Å². The Morgan fingerprint density at radius 3 is 2.56 bits per heavy atom. The van der Waals surface area contributed by atoms with Gasteiger partial charge in [-0.3, -0.25) is 5.10 Å². The summed E-state index contributed by atoms with van der Waals surface area (Å²) in [4.78, 5) is 0.322. The van der Waals surface area contributed by atoms with E-state index in [2.05, 4.69) is 20.2 Å². The van der Waals surface area contributed by atoms with E-state index in [1.165, 1.54) is 12.8 Å². The fraction of sp³-hybridized carbons (Fsp3) is 0.727. The molecule has 2 saturated carbocycles. The first-order valence-corrected chi connectivity index (χ1v) is 7.84. The molecule has 0 radical (unpaired) electrons. The summed E-state index contributed by atoms with van der Waals surface area (Å²) in [6.07, 6.45) is 4.22. The summed E-state index contributed by atoms with van der Waals surface area (Å²) in [5.41, 5.74) is 1.20. The van der Waals surface area contributed by atoms with Crippen LogP contribution in [0.5, 0.6) is 0 Å². The van der Waals surface area contributed by atoms with Crippen LogP contribution in [-0.2, 0) is 16.6 Å². The number of sulfonamides is 1. The molecule has 0 atom stereocenters. The van der Waals surface area contributed by atoms with Gasteiger partial charge < -0.3 is 5.32 Å². The number of hydrogen-bond donors (Lipinski definition) is 3. The maximum atomic E-state index is 12.2. The van der Waals surface area contributed by atoms with Gasteiger partial charge in [-0.2, -0.15) is 5.10 Å². The molecule has 6 nitrogen and oxygen atoms in total. The van der Waals surface area contributed by atoms with Crippen molar-refractivity contribution < 1.29 is 8.42 Å². The normalized spacial score (nSPS) is 20.3. The average Bonchev–Trinajstić information content (AvgIpc) is 3.18. The van der Waals surface area contributed by atoms with Crippen LogP contribution in [0.15, 0.2) is 4.90 Å². The number of H-pyrrole nitrogens is 1. The van der Waals surface area contributed by atoms with Gasteiger partial charge in [-0.1, -0.05) is 0 Å². The molecule has 0 unspecified atom stereocenters. The first-order chi connectivity index (χ1) is 8.56. The molecule has 0 bridgehead atoms. The molecule has 1 aromatic heterocycles. The molecule has 2 aliphatic carbocycles. The van der Waals surface area contributed by atoms with E-state index in [1.54, 1.807) is 6.92 Å². The zero-order valence-electron chi connectivity index (χ0n) is 10.4. The first-order valence-electron chi connectivity index (χ1n) is 6.36. The predicted molar refractivity (Wildman–Crippen MR) is 66.5 cm³/mol. The lowest BCUT2D eigenvalue weighted by Crippen LogP contribution is -2.28. The predicted octanol–water partition coefficient (Wildman–Crippen LogP) is 0.411. The second-order valence-electron chi connectivity index (χ2n) is 5.18. The molecule has 18 heavy (non-hydrogen) atoms. The zero-order chi connectivity index (χ0) is 12.8. The maximum Gasteiger partial charge on any atom is 0.244 e. The van der Waals surface area contributed by atoms with Gasteiger partial charge in [-0.15, -0.1) is 0 Å². The van der Waals surface area contributed by atoms with E-state index in [4.69, 9.17) is 0 Å². The highest BCUT2D eigenvalue weighted by Gasteiger charge is 2.32. The molecule has 1 heterocycles. The molecule has 1 aromatic rings. The van der Waals surface area contributed by atoms with Gasteiger partial charge in [0.25, 0.3) is 0 Å². The molecule has 0 saturated heterocycles. The minimum atomic E-state index is -3.43. The number of nitrogens with one attached hydrogen (secondary N) is 3. The molecule has 0 aliphatic heterocycles. The highest BCUT2D eigenvalue weighted by molar-refractivity contribution is 7.89. The number of aromatic amines is 1. The van der Waals surface area contributed by atoms with Crippen LogP contribution in [0.2, 0.25) is 0 Å². The quantitative estimate of drug-likeness (QED) is 0.699. The van der Waals surface area contributed by atoms with E-state index in [0.717, 1.165) is 12.8 Å². The van der Waals surface area contributed by atoms with Crippen molar-refractivity contribution in [3.05, 3.63) is 11.4 Å². The van der Waals surface area contributed by atoms with E-state index < -0.39 is 10.0 Å². The monoisotopic (exact) mass is 270 g/mol. The van der Waals surface area contributed by atoms with Gasteiger partial charge in [0.2, 0.25) is 10.0 Å². The summed E-state index contributed by atoms with van der Waals surface area (Å²) >= 11 is 0. The molecular formula is C11H18N4O2S. The molecule has 100 valence electrons. The third-order valence-corrected chi connectivity index (χ3v) is 4.99. The van der Waals surface area contributed by atoms with Crippen LogP contribution in [0, 0.1) is 6.92 Å². The fourth-order valence-corrected chi connectivity index (χ4v) is 3.62. The van der Waals surface area contributed by atoms with Crippen molar-refractivity contribution in [3.63, 3.8) is 0 Å². The van der Waals surface area contributed by atoms with Gasteiger partial charge in [0.05, 0.1) is 11.4 Å². The Morgan fingerprint density at radius 2 is 1.94 bits per heavy atom. The summed E-state index contributed by atoms with van der Waals surface area (Å²) in [6, 6.07) is 0.655. The van der Waals surface area contributed by atoms with Crippen LogP contribution < -0.4 is 10.0 Å². The van der Waals surface area contributed by atoms with Gasteiger partial charge in [-0.25, -0.2) is 13.1 Å². The lowest BCUT2D eigenvalue weighted by atomic mass is 10.3. The third kappa shape index (κ3) is 2.57. The first kappa shape index (κ1) is 12.1. The standard InChI is InChI=1S/C11H18N4O2S/c1-7-11(18(16,17)15-9-4-5-9)10(14-13-7)6-12-8-2-3-8/h8-9,12,15H,2-6H2,1H3,(H,13,14). The topological polar surface area (TPSA) is 86.9 Å². The summed E-state index contributed by atoms with van der Waals surface area (Å²) < 4.78 is 27.2. The summed E-state index contributed by atoms with van der Waals surface area (Å²) in [6.45, 7) is 2.25. The summed E-state index contributed by atoms with van der Waals surface area (Å²) in [7, 11) is -3.43. The van der Waals surface area contributed by atoms with Crippen LogP contribution >= 0.6 is 0 Å². The summed E-state index contributed by atoms with van der Waals surface area (Å²) in [5.74, 6) is 0. The maximum absolute atomic E-state index is 12.2. The Hall–Kier alpha value is -0.920. The van der Waals surface area contributed by atoms with Gasteiger partial charge in [0, 0.05) is 18.6 Å². The van der Waals surface area contributed by atoms with Crippen molar-refractivity contribution in [2.45, 2.75) is 56.1 Å². The van der Waals surface area contributed by atoms with Crippen LogP contribution in [-0.4, -0.2) is 30.7 Å². The van der Waals surface area contributed by atoms with E-state index in [1.807, 2.05) is 0 Å². The zero-order valence-corrected chi connectivity index (χ0v) is 11.2. The lowest BCUT2D eigenvalue weighted by Gasteiger charge is -2.07. The highest BCUT2D eigenvalue weighted by atomic mass is 32.2. The van der Waals surface area contributed by atoms with Crippen LogP contribution in [0.1, 0.15) is 37.1 Å². The van der Waals surface area contributed by atoms with Gasteiger partial charge >= 0.3 is 0 Å². The largest absolute Gasteiger partial charge is 0.308 e. The minimum absolute atomic E-state index is 0.119. The van der Waals surface area contributed by atoms with Crippen molar-refractivity contribution >= 4 is 10.0 Å². The molecule has 2 aliphatic rings. The average molecular weight is 270 g/mol. The Morgan fingerprint density at radius 1 is 1.28 bits per heavy atom. The molecule has 0 spiro atoms. The van der Waals surface area contributed by atoms with Crippen molar-refractivity contribution in [1.82, 2.24) is 20.2 Å². The molecule has 0 aromatic carbocycles. The smallest absolute Gasteiger partial charge is 0.244 e. The second-order valence-corrected chi connectivity index (χ2v) is 6.83. The van der Waals surface area contributed by atoms with Gasteiger partial charge in [-0.05, 0) is 32.6 Å². The van der Waals surface area contributed by atoms with Gasteiger partial charge in [0.1, 0.15) is 4.90 Å². The Labute approximate surface area is 107 Å². The molecule has 3 N–H and O–H groups in total. The Balaban J connectivity index is 1.81. The molecule has 0 amide bonds. The molecular weight excluding hydrogens is 252 g/mol. The van der Waals surface area contributed by atoms with Crippen molar-refractivity contribution in [2.24, 2.45) is 0 Å². The molecule has 7 heteroatoms. The van der Waals surface area contributed by atoms with Crippen molar-refractivity contribution in [3.8, 4) is 0 Å².